The van der Waals surface area contributed by atoms with Crippen LogP contribution in [0, 0.1) is 5.95 Å². The summed E-state index contributed by atoms with van der Waals surface area (Å²) in [6.45, 7) is 0. The molecule has 1 N–H and O–H groups in total. The van der Waals surface area contributed by atoms with E-state index < -0.39 is 11.5 Å². The van der Waals surface area contributed by atoms with Gasteiger partial charge in [0, 0.05) is 21.7 Å². The Kier molecular flexibility index (Phi) is 2.99. The second-order valence-corrected chi connectivity index (χ2v) is 4.05. The van der Waals surface area contributed by atoms with Gasteiger partial charge in [0.2, 0.25) is 0 Å². The summed E-state index contributed by atoms with van der Waals surface area (Å²) in [5.41, 5.74) is 0.402. The zero-order valence-corrected chi connectivity index (χ0v) is 9.44. The topological polar surface area (TPSA) is 32.9 Å². The number of pyridine rings is 1. The molecule has 0 unspecified atom stereocenters. The molecule has 2 rings (SSSR count). The molecule has 16 heavy (non-hydrogen) atoms. The SMILES string of the molecule is O=c1cc(-c2cc(Cl)ccc2Cl)cc(F)[nH]1. The van der Waals surface area contributed by atoms with Crippen LogP contribution < -0.4 is 5.56 Å². The third-order valence-electron chi connectivity index (χ3n) is 2.05. The lowest BCUT2D eigenvalue weighted by molar-refractivity contribution is 0.580. The molecule has 0 saturated carbocycles. The molecule has 1 heterocycles. The monoisotopic (exact) mass is 257 g/mol. The van der Waals surface area contributed by atoms with Gasteiger partial charge in [-0.25, -0.2) is 0 Å². The maximum Gasteiger partial charge on any atom is 0.250 e. The summed E-state index contributed by atoms with van der Waals surface area (Å²) in [5, 5.41) is 0.884. The van der Waals surface area contributed by atoms with E-state index in [0.717, 1.165) is 0 Å². The maximum atomic E-state index is 13.0. The third-order valence-corrected chi connectivity index (χ3v) is 2.62. The summed E-state index contributed by atoms with van der Waals surface area (Å²) in [6.07, 6.45) is 0. The number of hydrogen-bond acceptors (Lipinski definition) is 1. The summed E-state index contributed by atoms with van der Waals surface area (Å²) in [6, 6.07) is 7.26. The fourth-order valence-electron chi connectivity index (χ4n) is 1.38. The van der Waals surface area contributed by atoms with E-state index in [0.29, 0.717) is 21.2 Å². The van der Waals surface area contributed by atoms with Crippen LogP contribution in [-0.2, 0) is 0 Å². The van der Waals surface area contributed by atoms with Crippen LogP contribution in [0.3, 0.4) is 0 Å². The van der Waals surface area contributed by atoms with Gasteiger partial charge in [0.15, 0.2) is 5.95 Å². The number of aromatic nitrogens is 1. The third kappa shape index (κ3) is 2.26. The molecule has 2 aromatic rings. The first-order valence-electron chi connectivity index (χ1n) is 4.41. The zero-order chi connectivity index (χ0) is 11.7. The van der Waals surface area contributed by atoms with E-state index in [1.54, 1.807) is 18.2 Å². The number of H-pyrrole nitrogens is 1. The smallest absolute Gasteiger partial charge is 0.250 e. The fraction of sp³-hybridized carbons (Fsp3) is 0. The number of aromatic amines is 1. The first-order valence-corrected chi connectivity index (χ1v) is 5.17. The highest BCUT2D eigenvalue weighted by atomic mass is 35.5. The second kappa shape index (κ2) is 4.28. The summed E-state index contributed by atoms with van der Waals surface area (Å²) >= 11 is 11.8. The van der Waals surface area contributed by atoms with Gasteiger partial charge in [0.05, 0.1) is 0 Å². The highest BCUT2D eigenvalue weighted by Gasteiger charge is 2.06. The zero-order valence-electron chi connectivity index (χ0n) is 7.93. The Morgan fingerprint density at radius 3 is 2.56 bits per heavy atom. The quantitative estimate of drug-likeness (QED) is 0.780. The summed E-state index contributed by atoms with van der Waals surface area (Å²) in [4.78, 5) is 13.1. The van der Waals surface area contributed by atoms with Crippen molar-refractivity contribution >= 4 is 23.2 Å². The molecule has 1 aromatic heterocycles. The van der Waals surface area contributed by atoms with Crippen LogP contribution in [0.25, 0.3) is 11.1 Å². The molecule has 0 spiro atoms. The Hall–Kier alpha value is -1.32. The minimum absolute atomic E-state index is 0.397. The summed E-state index contributed by atoms with van der Waals surface area (Å²) in [5.74, 6) is -0.710. The van der Waals surface area contributed by atoms with Crippen molar-refractivity contribution < 1.29 is 4.39 Å². The van der Waals surface area contributed by atoms with Crippen LogP contribution in [0.2, 0.25) is 10.0 Å². The molecule has 5 heteroatoms. The van der Waals surface area contributed by atoms with Crippen molar-refractivity contribution in [3.8, 4) is 11.1 Å². The van der Waals surface area contributed by atoms with Crippen molar-refractivity contribution in [2.24, 2.45) is 0 Å². The van der Waals surface area contributed by atoms with Crippen LogP contribution >= 0.6 is 23.2 Å². The van der Waals surface area contributed by atoms with E-state index in [4.69, 9.17) is 23.2 Å². The standard InChI is InChI=1S/C11H6Cl2FNO/c12-7-1-2-9(13)8(5-7)6-3-10(14)15-11(16)4-6/h1-5H,(H,15,16). The molecule has 2 nitrogen and oxygen atoms in total. The Balaban J connectivity index is 2.66. The lowest BCUT2D eigenvalue weighted by Crippen LogP contribution is -2.06. The minimum atomic E-state index is -0.710. The Labute approximate surface area is 101 Å². The minimum Gasteiger partial charge on any atom is -0.299 e. The van der Waals surface area contributed by atoms with Gasteiger partial charge in [-0.05, 0) is 29.8 Å². The highest BCUT2D eigenvalue weighted by Crippen LogP contribution is 2.29. The lowest BCUT2D eigenvalue weighted by atomic mass is 10.1. The van der Waals surface area contributed by atoms with Crippen molar-refractivity contribution in [1.82, 2.24) is 4.98 Å². The first kappa shape index (κ1) is 11.2. The van der Waals surface area contributed by atoms with E-state index in [-0.39, 0.29) is 0 Å². The van der Waals surface area contributed by atoms with Gasteiger partial charge in [-0.3, -0.25) is 9.78 Å². The Morgan fingerprint density at radius 1 is 1.12 bits per heavy atom. The fourth-order valence-corrected chi connectivity index (χ4v) is 1.78. The van der Waals surface area contributed by atoms with E-state index in [1.165, 1.54) is 12.1 Å². The highest BCUT2D eigenvalue weighted by molar-refractivity contribution is 6.35. The molecule has 0 bridgehead atoms. The molecule has 0 aliphatic carbocycles. The molecule has 0 aliphatic rings. The predicted molar refractivity (Wildman–Crippen MR) is 62.5 cm³/mol. The summed E-state index contributed by atoms with van der Waals surface area (Å²) < 4.78 is 13.0. The van der Waals surface area contributed by atoms with Gasteiger partial charge in [-0.1, -0.05) is 23.2 Å². The first-order chi connectivity index (χ1) is 7.56. The van der Waals surface area contributed by atoms with E-state index in [1.807, 2.05) is 4.98 Å². The van der Waals surface area contributed by atoms with Crippen LogP contribution in [0.1, 0.15) is 0 Å². The molecule has 1 aromatic carbocycles. The van der Waals surface area contributed by atoms with Crippen LogP contribution in [0.4, 0.5) is 4.39 Å². The number of benzene rings is 1. The van der Waals surface area contributed by atoms with Crippen molar-refractivity contribution in [3.63, 3.8) is 0 Å². The molecule has 0 radical (unpaired) electrons. The molecule has 0 amide bonds. The predicted octanol–water partition coefficient (Wildman–Crippen LogP) is 3.49. The average molecular weight is 258 g/mol. The molecular formula is C11H6Cl2FNO. The summed E-state index contributed by atoms with van der Waals surface area (Å²) in [7, 11) is 0. The molecule has 0 atom stereocenters. The van der Waals surface area contributed by atoms with Gasteiger partial charge in [0.1, 0.15) is 0 Å². The van der Waals surface area contributed by atoms with Crippen LogP contribution in [-0.4, -0.2) is 4.98 Å². The van der Waals surface area contributed by atoms with Crippen molar-refractivity contribution in [2.45, 2.75) is 0 Å². The number of halogens is 3. The van der Waals surface area contributed by atoms with Gasteiger partial charge >= 0.3 is 0 Å². The molecular weight excluding hydrogens is 252 g/mol. The van der Waals surface area contributed by atoms with Gasteiger partial charge in [-0.2, -0.15) is 4.39 Å². The Bertz CT molecular complexity index is 595. The van der Waals surface area contributed by atoms with Crippen molar-refractivity contribution in [3.05, 3.63) is 56.7 Å². The normalized spacial score (nSPS) is 10.4. The van der Waals surface area contributed by atoms with Crippen molar-refractivity contribution in [1.29, 1.82) is 0 Å². The van der Waals surface area contributed by atoms with Crippen molar-refractivity contribution in [2.75, 3.05) is 0 Å². The van der Waals surface area contributed by atoms with E-state index >= 15 is 0 Å². The second-order valence-electron chi connectivity index (χ2n) is 3.21. The molecule has 82 valence electrons. The van der Waals surface area contributed by atoms with E-state index in [9.17, 15) is 9.18 Å². The van der Waals surface area contributed by atoms with Gasteiger partial charge < -0.3 is 0 Å². The number of rotatable bonds is 1. The molecule has 0 aliphatic heterocycles. The van der Waals surface area contributed by atoms with Gasteiger partial charge in [0.25, 0.3) is 5.56 Å². The Morgan fingerprint density at radius 2 is 1.88 bits per heavy atom. The average Bonchev–Trinajstić information content (AvgIpc) is 2.20. The number of hydrogen-bond donors (Lipinski definition) is 1. The molecule has 0 fully saturated rings. The van der Waals surface area contributed by atoms with Crippen LogP contribution in [0.5, 0.6) is 0 Å². The van der Waals surface area contributed by atoms with Gasteiger partial charge in [-0.15, -0.1) is 0 Å². The lowest BCUT2D eigenvalue weighted by Gasteiger charge is -2.04. The molecule has 0 saturated heterocycles. The largest absolute Gasteiger partial charge is 0.299 e. The number of nitrogens with one attached hydrogen (secondary N) is 1. The maximum absolute atomic E-state index is 13.0. The van der Waals surface area contributed by atoms with Crippen LogP contribution in [0.15, 0.2) is 35.1 Å². The van der Waals surface area contributed by atoms with E-state index in [2.05, 4.69) is 0 Å².